The Morgan fingerprint density at radius 3 is 2.91 bits per heavy atom. The number of amides is 1. The molecule has 1 amide bonds. The number of para-hydroxylation sites is 1. The Bertz CT molecular complexity index is 722. The molecule has 3 rings (SSSR count). The molecule has 1 aliphatic heterocycles. The van der Waals surface area contributed by atoms with Crippen molar-refractivity contribution in [1.29, 1.82) is 0 Å². The standard InChI is InChI=1S/C16H18N4O2/c1-10(21)11-5-3-4-6-12(11)19-16(22)15-7-13-14(8-20(15)2)18-9-17-13/h3-6,9,15H,7-8H2,1-2H3,(H,17,18)(H,19,22)/t15-/m0/s1. The molecule has 6 heteroatoms. The number of imidazole rings is 1. The molecule has 0 unspecified atom stereocenters. The zero-order valence-corrected chi connectivity index (χ0v) is 12.6. The summed E-state index contributed by atoms with van der Waals surface area (Å²) in [6.07, 6.45) is 2.22. The van der Waals surface area contributed by atoms with Crippen LogP contribution in [0.1, 0.15) is 28.7 Å². The number of nitrogens with one attached hydrogen (secondary N) is 2. The van der Waals surface area contributed by atoms with Crippen molar-refractivity contribution in [3.63, 3.8) is 0 Å². The largest absolute Gasteiger partial charge is 0.347 e. The predicted molar refractivity (Wildman–Crippen MR) is 82.6 cm³/mol. The molecule has 0 aliphatic carbocycles. The lowest BCUT2D eigenvalue weighted by atomic mass is 10.0. The molecule has 2 heterocycles. The van der Waals surface area contributed by atoms with E-state index in [2.05, 4.69) is 15.3 Å². The van der Waals surface area contributed by atoms with E-state index >= 15 is 0 Å². The van der Waals surface area contributed by atoms with Crippen molar-refractivity contribution in [3.8, 4) is 0 Å². The second kappa shape index (κ2) is 5.73. The monoisotopic (exact) mass is 298 g/mol. The van der Waals surface area contributed by atoms with E-state index in [0.29, 0.717) is 24.2 Å². The fraction of sp³-hybridized carbons (Fsp3) is 0.312. The van der Waals surface area contributed by atoms with Crippen molar-refractivity contribution in [1.82, 2.24) is 14.9 Å². The molecule has 6 nitrogen and oxygen atoms in total. The van der Waals surface area contributed by atoms with Crippen LogP contribution >= 0.6 is 0 Å². The summed E-state index contributed by atoms with van der Waals surface area (Å²) in [6.45, 7) is 2.15. The molecule has 2 N–H and O–H groups in total. The van der Waals surface area contributed by atoms with Crippen molar-refractivity contribution < 1.29 is 9.59 Å². The summed E-state index contributed by atoms with van der Waals surface area (Å²) >= 11 is 0. The fourth-order valence-electron chi connectivity index (χ4n) is 2.77. The Morgan fingerprint density at radius 1 is 1.36 bits per heavy atom. The number of aromatic amines is 1. The molecular formula is C16H18N4O2. The van der Waals surface area contributed by atoms with Crippen molar-refractivity contribution in [2.45, 2.75) is 25.9 Å². The lowest BCUT2D eigenvalue weighted by molar-refractivity contribution is -0.121. The summed E-state index contributed by atoms with van der Waals surface area (Å²) in [5.41, 5.74) is 3.06. The van der Waals surface area contributed by atoms with Crippen LogP contribution < -0.4 is 5.32 Å². The third-order valence-corrected chi connectivity index (χ3v) is 4.00. The Hall–Kier alpha value is -2.47. The molecule has 22 heavy (non-hydrogen) atoms. The highest BCUT2D eigenvalue weighted by Gasteiger charge is 2.31. The van der Waals surface area contributed by atoms with E-state index in [1.54, 1.807) is 30.6 Å². The van der Waals surface area contributed by atoms with E-state index < -0.39 is 0 Å². The molecule has 0 fully saturated rings. The van der Waals surface area contributed by atoms with Gasteiger partial charge in [-0.1, -0.05) is 12.1 Å². The number of carbonyl (C=O) groups is 2. The van der Waals surface area contributed by atoms with E-state index in [0.717, 1.165) is 11.4 Å². The van der Waals surface area contributed by atoms with Gasteiger partial charge in [0.2, 0.25) is 5.91 Å². The highest BCUT2D eigenvalue weighted by Crippen LogP contribution is 2.21. The molecule has 1 aromatic heterocycles. The number of Topliss-reactive ketones (excluding diaryl/α,β-unsaturated/α-hetero) is 1. The number of carbonyl (C=O) groups excluding carboxylic acids is 2. The molecule has 114 valence electrons. The molecule has 1 aromatic carbocycles. The molecule has 1 atom stereocenters. The van der Waals surface area contributed by atoms with Crippen molar-refractivity contribution in [2.24, 2.45) is 0 Å². The molecule has 1 aliphatic rings. The summed E-state index contributed by atoms with van der Waals surface area (Å²) in [5, 5.41) is 2.88. The number of fused-ring (bicyclic) bond motifs is 1. The number of hydrogen-bond acceptors (Lipinski definition) is 4. The minimum absolute atomic E-state index is 0.0671. The second-order valence-corrected chi connectivity index (χ2v) is 5.55. The van der Waals surface area contributed by atoms with Crippen molar-refractivity contribution in [2.75, 3.05) is 12.4 Å². The van der Waals surface area contributed by atoms with Crippen LogP contribution in [0.3, 0.4) is 0 Å². The van der Waals surface area contributed by atoms with Gasteiger partial charge >= 0.3 is 0 Å². The number of H-pyrrole nitrogens is 1. The van der Waals surface area contributed by atoms with Crippen LogP contribution in [0.25, 0.3) is 0 Å². The highest BCUT2D eigenvalue weighted by molar-refractivity contribution is 6.04. The van der Waals surface area contributed by atoms with Gasteiger partial charge in [-0.05, 0) is 26.1 Å². The van der Waals surface area contributed by atoms with Crippen molar-refractivity contribution in [3.05, 3.63) is 47.5 Å². The molecule has 0 radical (unpaired) electrons. The number of rotatable bonds is 3. The van der Waals surface area contributed by atoms with Gasteiger partial charge in [0.1, 0.15) is 0 Å². The number of hydrogen-bond donors (Lipinski definition) is 2. The maximum atomic E-state index is 12.6. The average Bonchev–Trinajstić information content (AvgIpc) is 2.93. The first kappa shape index (κ1) is 14.5. The number of likely N-dealkylation sites (N-methyl/N-ethyl adjacent to an activating group) is 1. The average molecular weight is 298 g/mol. The van der Waals surface area contributed by atoms with Gasteiger partial charge in [-0.3, -0.25) is 14.5 Å². The number of ketones is 1. The first-order chi connectivity index (χ1) is 10.6. The van der Waals surface area contributed by atoms with Crippen LogP contribution in [-0.2, 0) is 17.8 Å². The molecule has 0 saturated heterocycles. The Balaban J connectivity index is 1.80. The first-order valence-electron chi connectivity index (χ1n) is 7.18. The Kier molecular flexibility index (Phi) is 3.77. The van der Waals surface area contributed by atoms with Gasteiger partial charge < -0.3 is 10.3 Å². The molecule has 2 aromatic rings. The van der Waals surface area contributed by atoms with E-state index in [1.807, 2.05) is 11.9 Å². The summed E-state index contributed by atoms with van der Waals surface area (Å²) in [7, 11) is 1.91. The summed E-state index contributed by atoms with van der Waals surface area (Å²) in [5.74, 6) is -0.188. The molecule has 0 spiro atoms. The van der Waals surface area contributed by atoms with Crippen LogP contribution in [0.2, 0.25) is 0 Å². The number of nitrogens with zero attached hydrogens (tertiary/aromatic N) is 2. The third-order valence-electron chi connectivity index (χ3n) is 4.00. The maximum Gasteiger partial charge on any atom is 0.242 e. The summed E-state index contributed by atoms with van der Waals surface area (Å²) in [6, 6.07) is 6.76. The zero-order valence-electron chi connectivity index (χ0n) is 12.6. The maximum absolute atomic E-state index is 12.6. The van der Waals surface area contributed by atoms with Gasteiger partial charge in [0.05, 0.1) is 29.4 Å². The van der Waals surface area contributed by atoms with Gasteiger partial charge in [-0.15, -0.1) is 0 Å². The molecule has 0 bridgehead atoms. The van der Waals surface area contributed by atoms with Crippen LogP contribution in [0.5, 0.6) is 0 Å². The van der Waals surface area contributed by atoms with E-state index in [-0.39, 0.29) is 17.7 Å². The SMILES string of the molecule is CC(=O)c1ccccc1NC(=O)[C@@H]1Cc2nc[nH]c2CN1C. The summed E-state index contributed by atoms with van der Waals surface area (Å²) < 4.78 is 0. The fourth-order valence-corrected chi connectivity index (χ4v) is 2.77. The van der Waals surface area contributed by atoms with Gasteiger partial charge in [-0.2, -0.15) is 0 Å². The van der Waals surface area contributed by atoms with Gasteiger partial charge in [0.25, 0.3) is 0 Å². The lowest BCUT2D eigenvalue weighted by Gasteiger charge is -2.30. The zero-order chi connectivity index (χ0) is 15.7. The number of anilines is 1. The quantitative estimate of drug-likeness (QED) is 0.844. The third kappa shape index (κ3) is 2.65. The first-order valence-corrected chi connectivity index (χ1v) is 7.18. The van der Waals surface area contributed by atoms with Gasteiger partial charge in [0.15, 0.2) is 5.78 Å². The predicted octanol–water partition coefficient (Wildman–Crippen LogP) is 1.61. The Morgan fingerprint density at radius 2 is 2.14 bits per heavy atom. The van der Waals surface area contributed by atoms with Crippen LogP contribution in [-0.4, -0.2) is 39.6 Å². The number of aromatic nitrogens is 2. The minimum atomic E-state index is -0.296. The van der Waals surface area contributed by atoms with Gasteiger partial charge in [-0.25, -0.2) is 4.98 Å². The van der Waals surface area contributed by atoms with Crippen LogP contribution in [0.15, 0.2) is 30.6 Å². The van der Waals surface area contributed by atoms with Gasteiger partial charge in [0, 0.05) is 18.5 Å². The van der Waals surface area contributed by atoms with Crippen molar-refractivity contribution >= 4 is 17.4 Å². The van der Waals surface area contributed by atoms with Crippen LogP contribution in [0.4, 0.5) is 5.69 Å². The topological polar surface area (TPSA) is 78.1 Å². The summed E-state index contributed by atoms with van der Waals surface area (Å²) in [4.78, 5) is 33.6. The van der Waals surface area contributed by atoms with E-state index in [4.69, 9.17) is 0 Å². The second-order valence-electron chi connectivity index (χ2n) is 5.55. The molecular weight excluding hydrogens is 280 g/mol. The Labute approximate surface area is 128 Å². The molecule has 0 saturated carbocycles. The smallest absolute Gasteiger partial charge is 0.242 e. The van der Waals surface area contributed by atoms with E-state index in [1.165, 1.54) is 6.92 Å². The normalized spacial score (nSPS) is 17.8. The lowest BCUT2D eigenvalue weighted by Crippen LogP contribution is -2.46. The minimum Gasteiger partial charge on any atom is -0.347 e. The van der Waals surface area contributed by atoms with Crippen LogP contribution in [0, 0.1) is 0 Å². The number of benzene rings is 1. The highest BCUT2D eigenvalue weighted by atomic mass is 16.2. The van der Waals surface area contributed by atoms with E-state index in [9.17, 15) is 9.59 Å².